The van der Waals surface area contributed by atoms with Crippen molar-refractivity contribution in [3.63, 3.8) is 0 Å². The van der Waals surface area contributed by atoms with Crippen molar-refractivity contribution in [2.24, 2.45) is 5.73 Å². The van der Waals surface area contributed by atoms with E-state index in [1.54, 1.807) is 6.20 Å². The summed E-state index contributed by atoms with van der Waals surface area (Å²) in [5.41, 5.74) is 25.0. The summed E-state index contributed by atoms with van der Waals surface area (Å²) >= 11 is 0. The van der Waals surface area contributed by atoms with Crippen molar-refractivity contribution < 1.29 is 4.42 Å². The van der Waals surface area contributed by atoms with Gasteiger partial charge in [0.15, 0.2) is 0 Å². The Labute approximate surface area is 446 Å². The maximum Gasteiger partial charge on any atom is 0.136 e. The average molecular weight is 987 g/mol. The summed E-state index contributed by atoms with van der Waals surface area (Å²) in [5.74, 6) is 0.138. The average Bonchev–Trinajstić information content (AvgIpc) is 4.00. The molecule has 0 amide bonds. The van der Waals surface area contributed by atoms with Gasteiger partial charge in [0.1, 0.15) is 11.2 Å². The molecule has 4 heterocycles. The van der Waals surface area contributed by atoms with E-state index in [0.29, 0.717) is 0 Å². The van der Waals surface area contributed by atoms with E-state index in [1.165, 1.54) is 54.9 Å². The van der Waals surface area contributed by atoms with Crippen molar-refractivity contribution in [2.45, 2.75) is 19.3 Å². The highest BCUT2D eigenvalue weighted by atomic mass is 16.3. The maximum absolute atomic E-state index is 6.86. The Bertz CT molecular complexity index is 4490. The minimum atomic E-state index is 0.138. The first kappa shape index (κ1) is 45.6. The van der Waals surface area contributed by atoms with Crippen LogP contribution in [0.2, 0.25) is 0 Å². The fraction of sp³-hybridized carbons (Fsp3) is 0.0417. The number of allylic oxidation sites excluding steroid dienone is 7. The molecule has 364 valence electrons. The molecule has 4 aromatic heterocycles. The zero-order chi connectivity index (χ0) is 51.4. The third-order valence-corrected chi connectivity index (χ3v) is 15.6. The van der Waals surface area contributed by atoms with Crippen LogP contribution in [0.4, 0.5) is 0 Å². The van der Waals surface area contributed by atoms with Crippen molar-refractivity contribution in [3.05, 3.63) is 278 Å². The van der Waals surface area contributed by atoms with Crippen LogP contribution in [0.1, 0.15) is 41.5 Å². The molecule has 2 N–H and O–H groups in total. The summed E-state index contributed by atoms with van der Waals surface area (Å²) < 4.78 is 6.86. The summed E-state index contributed by atoms with van der Waals surface area (Å²) in [6.07, 6.45) is 22.8. The number of hydrogen-bond donors (Lipinski definition) is 1. The molecule has 77 heavy (non-hydrogen) atoms. The number of rotatable bonds is 9. The maximum atomic E-state index is 6.86. The van der Waals surface area contributed by atoms with E-state index < -0.39 is 0 Å². The van der Waals surface area contributed by atoms with Crippen LogP contribution in [0.3, 0.4) is 0 Å². The molecular formula is C72H50N4O. The summed E-state index contributed by atoms with van der Waals surface area (Å²) in [7, 11) is 0. The van der Waals surface area contributed by atoms with Gasteiger partial charge in [-0.15, -0.1) is 0 Å². The Balaban J connectivity index is 0.980. The number of nitrogens with zero attached hydrogens (tertiary/aromatic N) is 3. The number of nitrogens with two attached hydrogens (primary N) is 1. The van der Waals surface area contributed by atoms with Gasteiger partial charge in [0, 0.05) is 65.6 Å². The molecule has 1 aliphatic carbocycles. The van der Waals surface area contributed by atoms with Gasteiger partial charge < -0.3 is 10.2 Å². The SMILES string of the molecule is C/C=C\C(=C/N)c1cc(-c2cccnc2)cc(-c2c3ccccc3c(-c3cccc4oc5ccc(-c6c7ccccc7c(C7=CC(c8cccnc8)=CC(c8cccnc8)C7)c7ccccc67)cc5c34)c3ccccc23)c1. The summed E-state index contributed by atoms with van der Waals surface area (Å²) in [4.78, 5) is 13.6. The molecule has 5 nitrogen and oxygen atoms in total. The van der Waals surface area contributed by atoms with E-state index in [-0.39, 0.29) is 5.92 Å². The Morgan fingerprint density at radius 3 is 1.64 bits per heavy atom. The molecule has 5 heteroatoms. The molecule has 0 bridgehead atoms. The molecule has 0 spiro atoms. The van der Waals surface area contributed by atoms with Crippen LogP contribution in [-0.4, -0.2) is 15.0 Å². The molecule has 1 aliphatic rings. The van der Waals surface area contributed by atoms with Crippen molar-refractivity contribution in [2.75, 3.05) is 0 Å². The Hall–Kier alpha value is -9.97. The lowest BCUT2D eigenvalue weighted by Gasteiger charge is -2.25. The van der Waals surface area contributed by atoms with E-state index in [0.717, 1.165) is 100.0 Å². The lowest BCUT2D eigenvalue weighted by atomic mass is 9.78. The van der Waals surface area contributed by atoms with Gasteiger partial charge in [-0.25, -0.2) is 0 Å². The second-order valence-electron chi connectivity index (χ2n) is 20.0. The van der Waals surface area contributed by atoms with Crippen LogP contribution in [0.5, 0.6) is 0 Å². The first-order valence-electron chi connectivity index (χ1n) is 26.3. The van der Waals surface area contributed by atoms with E-state index in [2.05, 4.69) is 203 Å². The number of aromatic nitrogens is 3. The topological polar surface area (TPSA) is 77.8 Å². The molecule has 13 aromatic rings. The summed E-state index contributed by atoms with van der Waals surface area (Å²) in [6.45, 7) is 2.02. The van der Waals surface area contributed by atoms with Crippen LogP contribution in [0.15, 0.2) is 260 Å². The molecule has 1 unspecified atom stereocenters. The number of fused-ring (bicyclic) bond motifs is 7. The molecule has 0 aliphatic heterocycles. The summed E-state index contributed by atoms with van der Waals surface area (Å²) in [5, 5.41) is 11.6. The largest absolute Gasteiger partial charge is 0.456 e. The van der Waals surface area contributed by atoms with Gasteiger partial charge in [0.05, 0.1) is 0 Å². The molecule has 0 fully saturated rings. The first-order valence-corrected chi connectivity index (χ1v) is 26.3. The highest BCUT2D eigenvalue weighted by Crippen LogP contribution is 2.50. The lowest BCUT2D eigenvalue weighted by molar-refractivity contribution is 0.669. The first-order chi connectivity index (χ1) is 38.1. The van der Waals surface area contributed by atoms with Gasteiger partial charge >= 0.3 is 0 Å². The van der Waals surface area contributed by atoms with E-state index in [9.17, 15) is 0 Å². The van der Waals surface area contributed by atoms with E-state index >= 15 is 0 Å². The van der Waals surface area contributed by atoms with Crippen molar-refractivity contribution in [1.82, 2.24) is 15.0 Å². The van der Waals surface area contributed by atoms with Crippen molar-refractivity contribution in [1.29, 1.82) is 0 Å². The van der Waals surface area contributed by atoms with Gasteiger partial charge in [0.2, 0.25) is 0 Å². The highest BCUT2D eigenvalue weighted by molar-refractivity contribution is 6.27. The quantitative estimate of drug-likeness (QED) is 0.115. The number of hydrogen-bond acceptors (Lipinski definition) is 5. The van der Waals surface area contributed by atoms with Crippen LogP contribution >= 0.6 is 0 Å². The van der Waals surface area contributed by atoms with Gasteiger partial charge in [-0.05, 0) is 189 Å². The Kier molecular flexibility index (Phi) is 11.3. The van der Waals surface area contributed by atoms with Gasteiger partial charge in [-0.2, -0.15) is 0 Å². The Morgan fingerprint density at radius 1 is 0.481 bits per heavy atom. The highest BCUT2D eigenvalue weighted by Gasteiger charge is 2.26. The minimum Gasteiger partial charge on any atom is -0.456 e. The minimum absolute atomic E-state index is 0.138. The molecule has 0 saturated heterocycles. The monoisotopic (exact) mass is 986 g/mol. The van der Waals surface area contributed by atoms with Gasteiger partial charge in [-0.1, -0.05) is 158 Å². The number of furan rings is 1. The number of pyridine rings is 3. The standard InChI is InChI=1S/C72H50N4O/c1-2-15-46(41-73)50-34-51(47-16-12-31-74-42-47)37-54(36-50)70-60-23-7-9-25-62(60)71(63-26-10-8-24-61(63)70)64-27-11-28-67-72(64)65-40-45(29-30-66(65)77-67)68-56-19-3-5-21-58(56)69(59-22-6-4-20-57(59)68)55-38-52(48-17-13-32-75-43-48)35-53(39-55)49-18-14-33-76-44-49/h2-38,40-44,53H,39,73H2,1H3/b15-2-,46-41+. The Morgan fingerprint density at radius 2 is 1.05 bits per heavy atom. The fourth-order valence-electron chi connectivity index (χ4n) is 12.3. The number of benzene rings is 9. The van der Waals surface area contributed by atoms with Crippen LogP contribution in [-0.2, 0) is 0 Å². The van der Waals surface area contributed by atoms with Crippen LogP contribution < -0.4 is 5.73 Å². The zero-order valence-electron chi connectivity index (χ0n) is 42.4. The summed E-state index contributed by atoms with van der Waals surface area (Å²) in [6, 6.07) is 68.2. The van der Waals surface area contributed by atoms with E-state index in [4.69, 9.17) is 10.2 Å². The van der Waals surface area contributed by atoms with Gasteiger partial charge in [-0.3, -0.25) is 15.0 Å². The zero-order valence-corrected chi connectivity index (χ0v) is 42.4. The van der Waals surface area contributed by atoms with E-state index in [1.807, 2.05) is 68.4 Å². The van der Waals surface area contributed by atoms with Gasteiger partial charge in [0.25, 0.3) is 0 Å². The molecular weight excluding hydrogens is 937 g/mol. The van der Waals surface area contributed by atoms with Crippen molar-refractivity contribution >= 4 is 81.7 Å². The van der Waals surface area contributed by atoms with Crippen LogP contribution in [0, 0.1) is 0 Å². The van der Waals surface area contributed by atoms with Crippen molar-refractivity contribution in [3.8, 4) is 44.5 Å². The third-order valence-electron chi connectivity index (χ3n) is 15.6. The molecule has 0 saturated carbocycles. The predicted octanol–water partition coefficient (Wildman–Crippen LogP) is 18.6. The normalized spacial score (nSPS) is 14.1. The second kappa shape index (κ2) is 19.1. The predicted molar refractivity (Wildman–Crippen MR) is 322 cm³/mol. The fourth-order valence-corrected chi connectivity index (χ4v) is 12.3. The molecule has 9 aromatic carbocycles. The molecule has 1 atom stereocenters. The third kappa shape index (κ3) is 7.82. The lowest BCUT2D eigenvalue weighted by Crippen LogP contribution is -2.05. The second-order valence-corrected chi connectivity index (χ2v) is 20.0. The van der Waals surface area contributed by atoms with Crippen LogP contribution in [0.25, 0.3) is 126 Å². The molecule has 0 radical (unpaired) electrons. The smallest absolute Gasteiger partial charge is 0.136 e. The molecule has 14 rings (SSSR count).